The van der Waals surface area contributed by atoms with Gasteiger partial charge in [0.2, 0.25) is 6.79 Å². The summed E-state index contributed by atoms with van der Waals surface area (Å²) in [5, 5.41) is 13.8. The number of nitrogens with two attached hydrogens (primary N) is 1. The maximum absolute atomic E-state index is 10.8. The van der Waals surface area contributed by atoms with Gasteiger partial charge in [0.25, 0.3) is 5.69 Å². The maximum Gasteiger partial charge on any atom is 0.273 e. The Morgan fingerprint density at radius 1 is 1.10 bits per heavy atom. The fraction of sp³-hybridized carbons (Fsp3) is 0.0769. The van der Waals surface area contributed by atoms with Crippen molar-refractivity contribution in [3.05, 3.63) is 46.5 Å². The van der Waals surface area contributed by atoms with Gasteiger partial charge in [-0.25, -0.2) is 0 Å². The van der Waals surface area contributed by atoms with E-state index < -0.39 is 4.92 Å². The van der Waals surface area contributed by atoms with Crippen LogP contribution in [0.5, 0.6) is 11.5 Å². The van der Waals surface area contributed by atoms with Crippen molar-refractivity contribution in [3.8, 4) is 11.5 Å². The van der Waals surface area contributed by atoms with E-state index in [9.17, 15) is 10.1 Å². The number of rotatable bonds is 3. The van der Waals surface area contributed by atoms with Crippen LogP contribution in [0.3, 0.4) is 0 Å². The molecular formula is C13H11N3O4. The van der Waals surface area contributed by atoms with Gasteiger partial charge in [0.15, 0.2) is 11.5 Å². The van der Waals surface area contributed by atoms with Crippen molar-refractivity contribution in [2.24, 2.45) is 0 Å². The van der Waals surface area contributed by atoms with Gasteiger partial charge in [0, 0.05) is 35.3 Å². The van der Waals surface area contributed by atoms with E-state index in [1.54, 1.807) is 24.3 Å². The van der Waals surface area contributed by atoms with Gasteiger partial charge in [0.05, 0.1) is 4.92 Å². The van der Waals surface area contributed by atoms with Gasteiger partial charge in [-0.15, -0.1) is 0 Å². The van der Waals surface area contributed by atoms with Crippen LogP contribution < -0.4 is 20.5 Å². The largest absolute Gasteiger partial charge is 0.454 e. The van der Waals surface area contributed by atoms with Crippen molar-refractivity contribution in [2.75, 3.05) is 17.8 Å². The molecule has 0 aliphatic carbocycles. The molecule has 2 aromatic rings. The number of anilines is 3. The molecule has 7 heteroatoms. The van der Waals surface area contributed by atoms with E-state index in [1.807, 2.05) is 0 Å². The van der Waals surface area contributed by atoms with Gasteiger partial charge in [-0.1, -0.05) is 0 Å². The third-order valence-corrected chi connectivity index (χ3v) is 2.81. The van der Waals surface area contributed by atoms with Crippen molar-refractivity contribution in [1.82, 2.24) is 0 Å². The molecule has 1 aliphatic rings. The molecule has 0 radical (unpaired) electrons. The van der Waals surface area contributed by atoms with E-state index in [0.717, 1.165) is 5.69 Å². The fourth-order valence-electron chi connectivity index (χ4n) is 1.95. The molecule has 3 N–H and O–H groups in total. The Kier molecular flexibility index (Phi) is 2.79. The quantitative estimate of drug-likeness (QED) is 0.506. The molecule has 102 valence electrons. The van der Waals surface area contributed by atoms with Crippen LogP contribution in [0.25, 0.3) is 0 Å². The summed E-state index contributed by atoms with van der Waals surface area (Å²) in [6.07, 6.45) is 0. The van der Waals surface area contributed by atoms with Crippen molar-refractivity contribution in [1.29, 1.82) is 0 Å². The predicted octanol–water partition coefficient (Wildman–Crippen LogP) is 2.65. The first-order chi connectivity index (χ1) is 9.61. The number of benzene rings is 2. The minimum atomic E-state index is -0.485. The summed E-state index contributed by atoms with van der Waals surface area (Å²) in [5.74, 6) is 1.31. The molecule has 7 nitrogen and oxygen atoms in total. The van der Waals surface area contributed by atoms with Crippen LogP contribution in [0, 0.1) is 10.1 Å². The molecule has 0 aromatic heterocycles. The number of hydrogen-bond donors (Lipinski definition) is 2. The summed E-state index contributed by atoms with van der Waals surface area (Å²) in [5.41, 5.74) is 7.18. The van der Waals surface area contributed by atoms with E-state index in [1.165, 1.54) is 12.1 Å². The molecule has 0 amide bonds. The highest BCUT2D eigenvalue weighted by Crippen LogP contribution is 2.35. The van der Waals surface area contributed by atoms with Crippen LogP contribution in [-0.4, -0.2) is 11.7 Å². The Bertz CT molecular complexity index is 687. The summed E-state index contributed by atoms with van der Waals surface area (Å²) >= 11 is 0. The van der Waals surface area contributed by atoms with Gasteiger partial charge in [-0.05, 0) is 18.2 Å². The van der Waals surface area contributed by atoms with Gasteiger partial charge < -0.3 is 20.5 Å². The van der Waals surface area contributed by atoms with Gasteiger partial charge in [-0.3, -0.25) is 10.1 Å². The Morgan fingerprint density at radius 2 is 1.90 bits per heavy atom. The SMILES string of the molecule is Nc1cc(Nc2ccc3c(c2)OCO3)cc([N+](=O)[O-])c1. The van der Waals surface area contributed by atoms with Crippen LogP contribution in [0.2, 0.25) is 0 Å². The van der Waals surface area contributed by atoms with Gasteiger partial charge in [-0.2, -0.15) is 0 Å². The smallest absolute Gasteiger partial charge is 0.273 e. The third-order valence-electron chi connectivity index (χ3n) is 2.81. The molecule has 0 saturated carbocycles. The topological polar surface area (TPSA) is 99.7 Å². The maximum atomic E-state index is 10.8. The summed E-state index contributed by atoms with van der Waals surface area (Å²) in [7, 11) is 0. The number of nitrogens with one attached hydrogen (secondary N) is 1. The number of nitrogen functional groups attached to an aromatic ring is 1. The first-order valence-electron chi connectivity index (χ1n) is 5.83. The lowest BCUT2D eigenvalue weighted by atomic mass is 10.2. The zero-order valence-electron chi connectivity index (χ0n) is 10.3. The molecule has 0 atom stereocenters. The molecule has 3 rings (SSSR count). The molecule has 0 bridgehead atoms. The molecule has 2 aromatic carbocycles. The molecule has 0 spiro atoms. The predicted molar refractivity (Wildman–Crippen MR) is 73.4 cm³/mol. The average Bonchev–Trinajstić information content (AvgIpc) is 2.85. The number of nitrogens with zero attached hydrogens (tertiary/aromatic N) is 1. The van der Waals surface area contributed by atoms with Crippen molar-refractivity contribution >= 4 is 22.7 Å². The molecule has 1 heterocycles. The Balaban J connectivity index is 1.89. The molecule has 0 saturated heterocycles. The number of hydrogen-bond acceptors (Lipinski definition) is 6. The van der Waals surface area contributed by atoms with Crippen LogP contribution in [0.4, 0.5) is 22.7 Å². The van der Waals surface area contributed by atoms with E-state index >= 15 is 0 Å². The van der Waals surface area contributed by atoms with Crippen LogP contribution >= 0.6 is 0 Å². The summed E-state index contributed by atoms with van der Waals surface area (Å²) < 4.78 is 10.5. The Labute approximate surface area is 114 Å². The standard InChI is InChI=1S/C13H11N3O4/c14-8-3-10(5-11(4-8)16(17)18)15-9-1-2-12-13(6-9)20-7-19-12/h1-6,15H,7,14H2. The van der Waals surface area contributed by atoms with Crippen LogP contribution in [0.1, 0.15) is 0 Å². The molecule has 0 unspecified atom stereocenters. The fourth-order valence-corrected chi connectivity index (χ4v) is 1.95. The highest BCUT2D eigenvalue weighted by atomic mass is 16.7. The van der Waals surface area contributed by atoms with Gasteiger partial charge in [0.1, 0.15) is 0 Å². The first kappa shape index (κ1) is 12.1. The number of non-ortho nitro benzene ring substituents is 1. The third kappa shape index (κ3) is 2.28. The highest BCUT2D eigenvalue weighted by Gasteiger charge is 2.14. The number of nitro benzene ring substituents is 1. The Morgan fingerprint density at radius 3 is 2.70 bits per heavy atom. The second-order valence-electron chi connectivity index (χ2n) is 4.26. The lowest BCUT2D eigenvalue weighted by molar-refractivity contribution is -0.384. The van der Waals surface area contributed by atoms with Crippen molar-refractivity contribution < 1.29 is 14.4 Å². The van der Waals surface area contributed by atoms with Crippen molar-refractivity contribution in [3.63, 3.8) is 0 Å². The Hall–Kier alpha value is -2.96. The van der Waals surface area contributed by atoms with E-state index in [4.69, 9.17) is 15.2 Å². The summed E-state index contributed by atoms with van der Waals surface area (Å²) in [6, 6.07) is 9.68. The second-order valence-corrected chi connectivity index (χ2v) is 4.26. The monoisotopic (exact) mass is 273 g/mol. The minimum absolute atomic E-state index is 0.0618. The number of fused-ring (bicyclic) bond motifs is 1. The molecule has 20 heavy (non-hydrogen) atoms. The lowest BCUT2D eigenvalue weighted by Gasteiger charge is -2.08. The molecular weight excluding hydrogens is 262 g/mol. The van der Waals surface area contributed by atoms with Crippen LogP contribution in [-0.2, 0) is 0 Å². The number of ether oxygens (including phenoxy) is 2. The second kappa shape index (κ2) is 4.61. The molecule has 1 aliphatic heterocycles. The lowest BCUT2D eigenvalue weighted by Crippen LogP contribution is -1.96. The van der Waals surface area contributed by atoms with Gasteiger partial charge >= 0.3 is 0 Å². The van der Waals surface area contributed by atoms with Crippen molar-refractivity contribution in [2.45, 2.75) is 0 Å². The molecule has 0 fully saturated rings. The zero-order valence-corrected chi connectivity index (χ0v) is 10.3. The summed E-state index contributed by atoms with van der Waals surface area (Å²) in [4.78, 5) is 10.3. The van der Waals surface area contributed by atoms with Crippen LogP contribution in [0.15, 0.2) is 36.4 Å². The summed E-state index contributed by atoms with van der Waals surface area (Å²) in [6.45, 7) is 0.197. The number of nitro groups is 1. The normalized spacial score (nSPS) is 12.2. The van der Waals surface area contributed by atoms with E-state index in [-0.39, 0.29) is 12.5 Å². The first-order valence-corrected chi connectivity index (χ1v) is 5.83. The van der Waals surface area contributed by atoms with E-state index in [2.05, 4.69) is 5.32 Å². The van der Waals surface area contributed by atoms with E-state index in [0.29, 0.717) is 22.9 Å². The minimum Gasteiger partial charge on any atom is -0.454 e. The average molecular weight is 273 g/mol. The highest BCUT2D eigenvalue weighted by molar-refractivity contribution is 5.69. The zero-order chi connectivity index (χ0) is 14.1.